The Balaban J connectivity index is 0.00000300. The van der Waals surface area contributed by atoms with Crippen LogP contribution in [0.5, 0.6) is 0 Å². The zero-order chi connectivity index (χ0) is 20.1. The molecule has 0 unspecified atom stereocenters. The van der Waals surface area contributed by atoms with Crippen LogP contribution in [0.25, 0.3) is 10.2 Å². The van der Waals surface area contributed by atoms with Gasteiger partial charge in [-0.2, -0.15) is 0 Å². The molecule has 0 spiro atoms. The number of hydrogen-bond donors (Lipinski definition) is 0. The number of likely N-dealkylation sites (N-methyl/N-ethyl adjacent to an activating group) is 1. The maximum absolute atomic E-state index is 13.7. The largest absolute Gasteiger partial charge is 0.302 e. The third-order valence-electron chi connectivity index (χ3n) is 4.93. The lowest BCUT2D eigenvalue weighted by Gasteiger charge is -2.24. The van der Waals surface area contributed by atoms with Crippen molar-refractivity contribution < 1.29 is 9.18 Å². The summed E-state index contributed by atoms with van der Waals surface area (Å²) in [5.74, 6) is -0.632. The van der Waals surface area contributed by atoms with Crippen molar-refractivity contribution in [3.05, 3.63) is 59.4 Å². The fourth-order valence-electron chi connectivity index (χ4n) is 3.13. The number of nitrogens with zero attached hydrogens (tertiary/aromatic N) is 3. The van der Waals surface area contributed by atoms with Crippen LogP contribution in [-0.2, 0) is 6.42 Å². The Bertz CT molecular complexity index is 958. The number of hydrogen-bond acceptors (Lipinski definition) is 4. The van der Waals surface area contributed by atoms with Gasteiger partial charge in [-0.25, -0.2) is 9.37 Å². The molecule has 0 bridgehead atoms. The summed E-state index contributed by atoms with van der Waals surface area (Å²) in [5.41, 5.74) is 2.47. The van der Waals surface area contributed by atoms with Gasteiger partial charge in [0.15, 0.2) is 5.13 Å². The van der Waals surface area contributed by atoms with Gasteiger partial charge in [-0.3, -0.25) is 9.69 Å². The van der Waals surface area contributed by atoms with Gasteiger partial charge in [-0.05, 0) is 55.4 Å². The maximum Gasteiger partial charge on any atom is 0.260 e. The minimum absolute atomic E-state index is 0. The number of thiazole rings is 1. The number of carbonyl (C=O) groups is 1. The number of aromatic nitrogens is 1. The van der Waals surface area contributed by atoms with Gasteiger partial charge in [-0.15, -0.1) is 12.4 Å². The Morgan fingerprint density at radius 3 is 2.48 bits per heavy atom. The molecule has 0 aliphatic carbocycles. The first-order chi connectivity index (χ1) is 13.5. The van der Waals surface area contributed by atoms with Gasteiger partial charge in [-0.1, -0.05) is 44.2 Å². The zero-order valence-electron chi connectivity index (χ0n) is 17.0. The average Bonchev–Trinajstić information content (AvgIpc) is 3.13. The summed E-state index contributed by atoms with van der Waals surface area (Å²) in [6.45, 7) is 9.41. The predicted octanol–water partition coefficient (Wildman–Crippen LogP) is 5.41. The van der Waals surface area contributed by atoms with Crippen LogP contribution in [0, 0.1) is 5.82 Å². The van der Waals surface area contributed by atoms with Gasteiger partial charge >= 0.3 is 0 Å². The topological polar surface area (TPSA) is 36.4 Å². The molecule has 0 saturated heterocycles. The summed E-state index contributed by atoms with van der Waals surface area (Å²) < 4.78 is 14.7. The molecule has 1 aromatic heterocycles. The van der Waals surface area contributed by atoms with Gasteiger partial charge in [0, 0.05) is 18.7 Å². The standard InChI is InChI=1S/C22H26FN3OS.ClH/c1-4-16-10-11-19-20(14-16)28-22(24-19)26(13-12-25(5-2)6-3)21(27)17-8-7-9-18(23)15-17;/h7-11,14-15H,4-6,12-13H2,1-3H3;1H. The number of aryl methyl sites for hydroxylation is 1. The molecule has 0 N–H and O–H groups in total. The molecule has 0 atom stereocenters. The van der Waals surface area contributed by atoms with Crippen LogP contribution in [0.3, 0.4) is 0 Å². The zero-order valence-corrected chi connectivity index (χ0v) is 18.7. The van der Waals surface area contributed by atoms with Gasteiger partial charge < -0.3 is 4.90 Å². The molecule has 29 heavy (non-hydrogen) atoms. The minimum Gasteiger partial charge on any atom is -0.302 e. The van der Waals surface area contributed by atoms with Crippen LogP contribution in [0.15, 0.2) is 42.5 Å². The Hall–Kier alpha value is -2.02. The lowest BCUT2D eigenvalue weighted by atomic mass is 10.2. The van der Waals surface area contributed by atoms with E-state index >= 15 is 0 Å². The van der Waals surface area contributed by atoms with Crippen molar-refractivity contribution >= 4 is 45.0 Å². The molecule has 156 valence electrons. The Morgan fingerprint density at radius 1 is 1.07 bits per heavy atom. The molecule has 3 aromatic rings. The summed E-state index contributed by atoms with van der Waals surface area (Å²) in [5, 5.41) is 0.657. The van der Waals surface area contributed by atoms with E-state index in [1.165, 1.54) is 29.0 Å². The van der Waals surface area contributed by atoms with Crippen molar-refractivity contribution in [2.24, 2.45) is 0 Å². The molecule has 1 amide bonds. The van der Waals surface area contributed by atoms with E-state index in [0.717, 1.165) is 36.3 Å². The van der Waals surface area contributed by atoms with E-state index in [1.54, 1.807) is 17.0 Å². The summed E-state index contributed by atoms with van der Waals surface area (Å²) in [7, 11) is 0. The number of carbonyl (C=O) groups excluding carboxylic acids is 1. The van der Waals surface area contributed by atoms with E-state index in [9.17, 15) is 9.18 Å². The van der Waals surface area contributed by atoms with Crippen LogP contribution in [-0.4, -0.2) is 42.0 Å². The number of halogens is 2. The first kappa shape index (κ1) is 23.3. The van der Waals surface area contributed by atoms with E-state index < -0.39 is 5.82 Å². The number of amides is 1. The summed E-state index contributed by atoms with van der Waals surface area (Å²) in [6, 6.07) is 12.1. The van der Waals surface area contributed by atoms with Crippen LogP contribution in [0.2, 0.25) is 0 Å². The van der Waals surface area contributed by atoms with Crippen LogP contribution >= 0.6 is 23.7 Å². The minimum atomic E-state index is -0.411. The monoisotopic (exact) mass is 435 g/mol. The number of fused-ring (bicyclic) bond motifs is 1. The van der Waals surface area contributed by atoms with Crippen LogP contribution in [0.4, 0.5) is 9.52 Å². The summed E-state index contributed by atoms with van der Waals surface area (Å²) >= 11 is 1.51. The van der Waals surface area contributed by atoms with Crippen molar-refractivity contribution in [3.63, 3.8) is 0 Å². The van der Waals surface area contributed by atoms with Crippen molar-refractivity contribution in [2.45, 2.75) is 27.2 Å². The van der Waals surface area contributed by atoms with Gasteiger partial charge in [0.25, 0.3) is 5.91 Å². The molecule has 0 aliphatic rings. The quantitative estimate of drug-likeness (QED) is 0.474. The Labute approximate surface area is 181 Å². The van der Waals surface area contributed by atoms with Gasteiger partial charge in [0.05, 0.1) is 10.2 Å². The number of anilines is 1. The molecule has 7 heteroatoms. The highest BCUT2D eigenvalue weighted by Crippen LogP contribution is 2.30. The van der Waals surface area contributed by atoms with Crippen molar-refractivity contribution in [2.75, 3.05) is 31.1 Å². The van der Waals surface area contributed by atoms with E-state index in [4.69, 9.17) is 4.98 Å². The first-order valence-corrected chi connectivity index (χ1v) is 10.6. The maximum atomic E-state index is 13.7. The second-order valence-electron chi connectivity index (χ2n) is 6.65. The van der Waals surface area contributed by atoms with Gasteiger partial charge in [0.1, 0.15) is 5.82 Å². The summed E-state index contributed by atoms with van der Waals surface area (Å²) in [4.78, 5) is 21.8. The molecule has 2 aromatic carbocycles. The normalized spacial score (nSPS) is 10.9. The summed E-state index contributed by atoms with van der Waals surface area (Å²) in [6.07, 6.45) is 0.955. The molecule has 0 aliphatic heterocycles. The molecule has 3 rings (SSSR count). The SMILES string of the molecule is CCc1ccc2nc(N(CCN(CC)CC)C(=O)c3cccc(F)c3)sc2c1.Cl. The van der Waals surface area contributed by atoms with Crippen LogP contribution < -0.4 is 4.90 Å². The Kier molecular flexibility index (Phi) is 8.56. The molecule has 0 fully saturated rings. The molecular weight excluding hydrogens is 409 g/mol. The first-order valence-electron chi connectivity index (χ1n) is 9.74. The van der Waals surface area contributed by atoms with Crippen LogP contribution in [0.1, 0.15) is 36.7 Å². The second-order valence-corrected chi connectivity index (χ2v) is 7.66. The fourth-order valence-corrected chi connectivity index (χ4v) is 4.19. The van der Waals surface area contributed by atoms with Crippen molar-refractivity contribution in [1.29, 1.82) is 0 Å². The Morgan fingerprint density at radius 2 is 1.83 bits per heavy atom. The highest BCUT2D eigenvalue weighted by molar-refractivity contribution is 7.22. The molecule has 4 nitrogen and oxygen atoms in total. The van der Waals surface area contributed by atoms with E-state index in [2.05, 4.69) is 37.8 Å². The highest BCUT2D eigenvalue weighted by atomic mass is 35.5. The predicted molar refractivity (Wildman–Crippen MR) is 122 cm³/mol. The lowest BCUT2D eigenvalue weighted by Crippen LogP contribution is -2.38. The molecular formula is C22H27ClFN3OS. The molecule has 0 saturated carbocycles. The molecule has 1 heterocycles. The highest BCUT2D eigenvalue weighted by Gasteiger charge is 2.22. The van der Waals surface area contributed by atoms with Gasteiger partial charge in [0.2, 0.25) is 0 Å². The fraction of sp³-hybridized carbons (Fsp3) is 0.364. The lowest BCUT2D eigenvalue weighted by molar-refractivity contribution is 0.0983. The average molecular weight is 436 g/mol. The van der Waals surface area contributed by atoms with Crippen molar-refractivity contribution in [1.82, 2.24) is 9.88 Å². The third-order valence-corrected chi connectivity index (χ3v) is 5.97. The van der Waals surface area contributed by atoms with Crippen molar-refractivity contribution in [3.8, 4) is 0 Å². The molecule has 0 radical (unpaired) electrons. The second kappa shape index (κ2) is 10.7. The third kappa shape index (κ3) is 5.53. The van der Waals surface area contributed by atoms with E-state index in [-0.39, 0.29) is 18.3 Å². The van der Waals surface area contributed by atoms with E-state index in [0.29, 0.717) is 17.2 Å². The number of benzene rings is 2. The number of rotatable bonds is 8. The smallest absolute Gasteiger partial charge is 0.260 e. The van der Waals surface area contributed by atoms with E-state index in [1.807, 2.05) is 6.07 Å².